The van der Waals surface area contributed by atoms with Crippen molar-refractivity contribution in [2.75, 3.05) is 14.2 Å². The second kappa shape index (κ2) is 7.55. The van der Waals surface area contributed by atoms with Gasteiger partial charge >= 0.3 is 8.56 Å². The summed E-state index contributed by atoms with van der Waals surface area (Å²) in [6.45, 7) is 4.58. The Hall–Kier alpha value is 0.137. The average Bonchev–Trinajstić information content (AvgIpc) is 2.30. The number of unbranched alkanes of at least 4 members (excludes halogenated alkanes) is 1. The van der Waals surface area contributed by atoms with Crippen LogP contribution in [0.2, 0.25) is 11.6 Å². The van der Waals surface area contributed by atoms with Crippen LogP contribution in [0.25, 0.3) is 0 Å². The molecule has 0 amide bonds. The van der Waals surface area contributed by atoms with E-state index < -0.39 is 8.56 Å². The monoisotopic (exact) mass is 258 g/mol. The van der Waals surface area contributed by atoms with E-state index in [1.807, 2.05) is 14.2 Å². The van der Waals surface area contributed by atoms with Crippen molar-refractivity contribution in [2.45, 2.75) is 70.4 Å². The van der Waals surface area contributed by atoms with Crippen LogP contribution in [0.5, 0.6) is 0 Å². The van der Waals surface area contributed by atoms with Crippen molar-refractivity contribution in [3.05, 3.63) is 0 Å². The van der Waals surface area contributed by atoms with Crippen LogP contribution in [0.3, 0.4) is 0 Å². The third kappa shape index (κ3) is 3.80. The van der Waals surface area contributed by atoms with Crippen molar-refractivity contribution in [3.8, 4) is 0 Å². The molecule has 0 aromatic rings. The molecule has 0 radical (unpaired) electrons. The molecule has 0 heterocycles. The fraction of sp³-hybridized carbons (Fsp3) is 1.00. The van der Waals surface area contributed by atoms with Crippen molar-refractivity contribution in [1.29, 1.82) is 0 Å². The second-order valence-electron chi connectivity index (χ2n) is 5.47. The molecule has 2 nitrogen and oxygen atoms in total. The summed E-state index contributed by atoms with van der Waals surface area (Å²) in [5.41, 5.74) is 0.758. The standard InChI is InChI=1S/C14H30O2Si/c1-5-7-9-13(6-2)12-17(15-3,16-4)14-10-8-11-14/h13-14H,5-12H2,1-4H3. The Morgan fingerprint density at radius 1 is 1.18 bits per heavy atom. The molecule has 0 spiro atoms. The third-order valence-electron chi connectivity index (χ3n) is 4.53. The molecule has 17 heavy (non-hydrogen) atoms. The van der Waals surface area contributed by atoms with Crippen LogP contribution >= 0.6 is 0 Å². The molecule has 1 aliphatic rings. The van der Waals surface area contributed by atoms with Crippen molar-refractivity contribution < 1.29 is 8.85 Å². The van der Waals surface area contributed by atoms with Gasteiger partial charge in [-0.25, -0.2) is 0 Å². The van der Waals surface area contributed by atoms with E-state index in [1.54, 1.807) is 0 Å². The van der Waals surface area contributed by atoms with Gasteiger partial charge in [-0.2, -0.15) is 0 Å². The van der Waals surface area contributed by atoms with E-state index in [-0.39, 0.29) is 0 Å². The van der Waals surface area contributed by atoms with Gasteiger partial charge in [0.1, 0.15) is 0 Å². The number of hydrogen-bond donors (Lipinski definition) is 0. The van der Waals surface area contributed by atoms with Crippen LogP contribution in [0.1, 0.15) is 58.8 Å². The van der Waals surface area contributed by atoms with Crippen molar-refractivity contribution in [2.24, 2.45) is 5.92 Å². The minimum absolute atomic E-state index is 0.758. The van der Waals surface area contributed by atoms with Crippen molar-refractivity contribution in [1.82, 2.24) is 0 Å². The quantitative estimate of drug-likeness (QED) is 0.567. The van der Waals surface area contributed by atoms with Crippen molar-refractivity contribution >= 4 is 8.56 Å². The van der Waals surface area contributed by atoms with Gasteiger partial charge in [0.15, 0.2) is 0 Å². The summed E-state index contributed by atoms with van der Waals surface area (Å²) in [6, 6.07) is 1.21. The molecule has 1 aliphatic carbocycles. The minimum Gasteiger partial charge on any atom is -0.397 e. The Bertz CT molecular complexity index is 200. The Balaban J connectivity index is 2.56. The zero-order valence-electron chi connectivity index (χ0n) is 12.1. The molecule has 0 aliphatic heterocycles. The molecule has 0 bridgehead atoms. The highest BCUT2D eigenvalue weighted by molar-refractivity contribution is 6.69. The maximum absolute atomic E-state index is 5.92. The third-order valence-corrected chi connectivity index (χ3v) is 8.88. The van der Waals surface area contributed by atoms with E-state index in [2.05, 4.69) is 13.8 Å². The van der Waals surface area contributed by atoms with Gasteiger partial charge < -0.3 is 8.85 Å². The largest absolute Gasteiger partial charge is 0.397 e. The summed E-state index contributed by atoms with van der Waals surface area (Å²) in [5, 5.41) is 0. The maximum Gasteiger partial charge on any atom is 0.341 e. The molecule has 1 unspecified atom stereocenters. The van der Waals surface area contributed by atoms with Gasteiger partial charge in [-0.15, -0.1) is 0 Å². The lowest BCUT2D eigenvalue weighted by atomic mass is 9.99. The summed E-state index contributed by atoms with van der Waals surface area (Å²) in [7, 11) is 1.86. The summed E-state index contributed by atoms with van der Waals surface area (Å²) in [5.74, 6) is 0.808. The zero-order chi connectivity index (χ0) is 12.7. The van der Waals surface area contributed by atoms with Gasteiger partial charge in [0, 0.05) is 19.8 Å². The first-order valence-electron chi connectivity index (χ1n) is 7.32. The van der Waals surface area contributed by atoms with Gasteiger partial charge in [-0.05, 0) is 24.8 Å². The summed E-state index contributed by atoms with van der Waals surface area (Å²) in [4.78, 5) is 0. The van der Waals surface area contributed by atoms with Crippen molar-refractivity contribution in [3.63, 3.8) is 0 Å². The first-order valence-corrected chi connectivity index (χ1v) is 9.42. The van der Waals surface area contributed by atoms with Gasteiger partial charge in [0.2, 0.25) is 0 Å². The maximum atomic E-state index is 5.92. The van der Waals surface area contributed by atoms with E-state index in [0.717, 1.165) is 11.5 Å². The number of rotatable bonds is 9. The Kier molecular flexibility index (Phi) is 6.74. The fourth-order valence-corrected chi connectivity index (χ4v) is 7.03. The number of hydrogen-bond acceptors (Lipinski definition) is 2. The summed E-state index contributed by atoms with van der Waals surface area (Å²) >= 11 is 0. The van der Waals surface area contributed by atoms with Crippen LogP contribution in [0.4, 0.5) is 0 Å². The van der Waals surface area contributed by atoms with Crippen LogP contribution in [0.15, 0.2) is 0 Å². The van der Waals surface area contributed by atoms with E-state index in [9.17, 15) is 0 Å². The van der Waals surface area contributed by atoms with E-state index in [4.69, 9.17) is 8.85 Å². The van der Waals surface area contributed by atoms with Gasteiger partial charge in [0.05, 0.1) is 0 Å². The molecule has 0 N–H and O–H groups in total. The van der Waals surface area contributed by atoms with Crippen LogP contribution < -0.4 is 0 Å². The Labute approximate surface area is 108 Å². The molecule has 0 saturated heterocycles. The molecular weight excluding hydrogens is 228 g/mol. The van der Waals surface area contributed by atoms with Crippen LogP contribution in [-0.2, 0) is 8.85 Å². The highest BCUT2D eigenvalue weighted by atomic mass is 28.4. The summed E-state index contributed by atoms with van der Waals surface area (Å²) in [6.07, 6.45) is 9.30. The summed E-state index contributed by atoms with van der Waals surface area (Å²) < 4.78 is 11.8. The molecule has 0 aromatic heterocycles. The zero-order valence-corrected chi connectivity index (χ0v) is 13.1. The fourth-order valence-electron chi connectivity index (χ4n) is 2.94. The Morgan fingerprint density at radius 2 is 1.82 bits per heavy atom. The molecule has 1 rings (SSSR count). The second-order valence-corrected chi connectivity index (χ2v) is 9.13. The first kappa shape index (κ1) is 15.2. The molecule has 0 aromatic carbocycles. The lowest BCUT2D eigenvalue weighted by molar-refractivity contribution is 0.198. The molecule has 1 atom stereocenters. The molecule has 1 saturated carbocycles. The van der Waals surface area contributed by atoms with Gasteiger partial charge in [0.25, 0.3) is 0 Å². The van der Waals surface area contributed by atoms with Crippen LogP contribution in [-0.4, -0.2) is 22.8 Å². The topological polar surface area (TPSA) is 18.5 Å². The normalized spacial score (nSPS) is 19.1. The van der Waals surface area contributed by atoms with E-state index in [0.29, 0.717) is 0 Å². The van der Waals surface area contributed by atoms with E-state index in [1.165, 1.54) is 51.0 Å². The average molecular weight is 258 g/mol. The minimum atomic E-state index is -1.89. The molecule has 102 valence electrons. The molecular formula is C14H30O2Si. The SMILES string of the molecule is CCCCC(CC)C[Si](OC)(OC)C1CCC1. The van der Waals surface area contributed by atoms with Gasteiger partial charge in [-0.3, -0.25) is 0 Å². The lowest BCUT2D eigenvalue weighted by Gasteiger charge is -2.41. The highest BCUT2D eigenvalue weighted by Gasteiger charge is 2.48. The highest BCUT2D eigenvalue weighted by Crippen LogP contribution is 2.45. The first-order chi connectivity index (χ1) is 8.22. The predicted octanol–water partition coefficient (Wildman–Crippen LogP) is 4.49. The molecule has 3 heteroatoms. The lowest BCUT2D eigenvalue weighted by Crippen LogP contribution is -2.49. The van der Waals surface area contributed by atoms with Crippen LogP contribution in [0, 0.1) is 5.92 Å². The van der Waals surface area contributed by atoms with Gasteiger partial charge in [-0.1, -0.05) is 46.0 Å². The predicted molar refractivity (Wildman–Crippen MR) is 75.5 cm³/mol. The molecule has 1 fully saturated rings. The van der Waals surface area contributed by atoms with E-state index >= 15 is 0 Å². The smallest absolute Gasteiger partial charge is 0.341 e. The Morgan fingerprint density at radius 3 is 2.18 bits per heavy atom.